The van der Waals surface area contributed by atoms with Crippen molar-refractivity contribution in [3.05, 3.63) is 64.5 Å². The van der Waals surface area contributed by atoms with E-state index in [4.69, 9.17) is 0 Å². The molecule has 1 atom stereocenters. The SMILES string of the molecule is C[n+]1cccc(C2SCC(=O)N2c2ccc([N+](=O)[O-])cc2)c1.[I-]. The van der Waals surface area contributed by atoms with E-state index < -0.39 is 4.92 Å². The largest absolute Gasteiger partial charge is 1.00 e. The van der Waals surface area contributed by atoms with Crippen LogP contribution in [0.15, 0.2) is 48.8 Å². The Morgan fingerprint density at radius 3 is 2.61 bits per heavy atom. The molecule has 2 heterocycles. The van der Waals surface area contributed by atoms with Gasteiger partial charge in [-0.25, -0.2) is 4.57 Å². The molecule has 3 rings (SSSR count). The molecule has 1 amide bonds. The van der Waals surface area contributed by atoms with Gasteiger partial charge in [0.2, 0.25) is 5.91 Å². The van der Waals surface area contributed by atoms with Crippen molar-refractivity contribution in [3.63, 3.8) is 0 Å². The summed E-state index contributed by atoms with van der Waals surface area (Å²) in [7, 11) is 1.93. The second-order valence-corrected chi connectivity index (χ2v) is 6.07. The number of hydrogen-bond acceptors (Lipinski definition) is 4. The Kier molecular flexibility index (Phi) is 5.58. The molecule has 1 saturated heterocycles. The second kappa shape index (κ2) is 7.26. The van der Waals surface area contributed by atoms with Crippen molar-refractivity contribution < 1.29 is 38.3 Å². The highest BCUT2D eigenvalue weighted by Crippen LogP contribution is 2.41. The number of halogens is 1. The zero-order valence-corrected chi connectivity index (χ0v) is 15.2. The van der Waals surface area contributed by atoms with E-state index in [9.17, 15) is 14.9 Å². The number of aryl methyl sites for hydroxylation is 1. The van der Waals surface area contributed by atoms with Crippen LogP contribution >= 0.6 is 11.8 Å². The lowest BCUT2D eigenvalue weighted by atomic mass is 10.2. The van der Waals surface area contributed by atoms with Crippen LogP contribution in [0.25, 0.3) is 0 Å². The molecule has 0 aliphatic carbocycles. The fourth-order valence-electron chi connectivity index (χ4n) is 2.44. The van der Waals surface area contributed by atoms with Crippen molar-refractivity contribution in [1.82, 2.24) is 0 Å². The molecule has 6 nitrogen and oxygen atoms in total. The van der Waals surface area contributed by atoms with Crippen LogP contribution in [0, 0.1) is 10.1 Å². The summed E-state index contributed by atoms with van der Waals surface area (Å²) >= 11 is 1.55. The van der Waals surface area contributed by atoms with Gasteiger partial charge in [-0.2, -0.15) is 0 Å². The third kappa shape index (κ3) is 3.63. The number of benzene rings is 1. The number of rotatable bonds is 3. The topological polar surface area (TPSA) is 67.3 Å². The van der Waals surface area contributed by atoms with E-state index >= 15 is 0 Å². The third-order valence-electron chi connectivity index (χ3n) is 3.45. The van der Waals surface area contributed by atoms with Gasteiger partial charge in [-0.1, -0.05) is 0 Å². The molecule has 0 saturated carbocycles. The first-order chi connectivity index (χ1) is 10.6. The van der Waals surface area contributed by atoms with Gasteiger partial charge in [0.25, 0.3) is 5.69 Å². The molecule has 8 heteroatoms. The molecule has 23 heavy (non-hydrogen) atoms. The number of nitro groups is 1. The normalized spacial score (nSPS) is 17.0. The Labute approximate surface area is 154 Å². The summed E-state index contributed by atoms with van der Waals surface area (Å²) in [5.74, 6) is 0.413. The fraction of sp³-hybridized carbons (Fsp3) is 0.200. The summed E-state index contributed by atoms with van der Waals surface area (Å²) in [5, 5.41) is 10.6. The molecule has 2 aromatic rings. The lowest BCUT2D eigenvalue weighted by molar-refractivity contribution is -0.671. The standard InChI is InChI=1S/C15H14N3O3S.HI/c1-16-8-2-3-11(9-16)15-17(14(19)10-22-15)12-4-6-13(7-5-12)18(20)21;/h2-9,15H,10H2,1H3;1H/q+1;/p-1. The Morgan fingerprint density at radius 2 is 2.00 bits per heavy atom. The Balaban J connectivity index is 0.00000192. The van der Waals surface area contributed by atoms with Crippen LogP contribution in [0.5, 0.6) is 0 Å². The number of non-ortho nitro benzene ring substituents is 1. The second-order valence-electron chi connectivity index (χ2n) is 5.00. The Morgan fingerprint density at radius 1 is 1.30 bits per heavy atom. The zero-order valence-electron chi connectivity index (χ0n) is 12.3. The summed E-state index contributed by atoms with van der Waals surface area (Å²) in [6.07, 6.45) is 3.91. The number of hydrogen-bond donors (Lipinski definition) is 0. The van der Waals surface area contributed by atoms with Gasteiger partial charge in [-0.3, -0.25) is 19.8 Å². The molecule has 0 radical (unpaired) electrons. The van der Waals surface area contributed by atoms with Crippen LogP contribution in [-0.4, -0.2) is 16.6 Å². The smallest absolute Gasteiger partial charge is 0.269 e. The van der Waals surface area contributed by atoms with E-state index in [2.05, 4.69) is 0 Å². The molecule has 0 spiro atoms. The van der Waals surface area contributed by atoms with E-state index in [-0.39, 0.29) is 40.9 Å². The van der Waals surface area contributed by atoms with Crippen LogP contribution in [-0.2, 0) is 11.8 Å². The predicted molar refractivity (Wildman–Crippen MR) is 83.4 cm³/mol. The number of anilines is 1. The first kappa shape index (κ1) is 17.7. The summed E-state index contributed by atoms with van der Waals surface area (Å²) < 4.78 is 1.94. The van der Waals surface area contributed by atoms with Crippen molar-refractivity contribution in [2.45, 2.75) is 5.37 Å². The maximum absolute atomic E-state index is 12.2. The molecular weight excluding hydrogens is 429 g/mol. The summed E-state index contributed by atoms with van der Waals surface area (Å²) in [6.45, 7) is 0. The first-order valence-electron chi connectivity index (χ1n) is 6.69. The number of carbonyl (C=O) groups excluding carboxylic acids is 1. The Bertz CT molecular complexity index is 739. The molecule has 0 bridgehead atoms. The van der Waals surface area contributed by atoms with Gasteiger partial charge in [0.05, 0.1) is 10.7 Å². The number of carbonyl (C=O) groups is 1. The van der Waals surface area contributed by atoms with E-state index in [0.29, 0.717) is 11.4 Å². The van der Waals surface area contributed by atoms with Gasteiger partial charge in [0.15, 0.2) is 12.4 Å². The molecule has 1 unspecified atom stereocenters. The first-order valence-corrected chi connectivity index (χ1v) is 7.74. The molecular formula is C15H14IN3O3S. The molecule has 120 valence electrons. The van der Waals surface area contributed by atoms with E-state index in [1.54, 1.807) is 28.8 Å². The van der Waals surface area contributed by atoms with Crippen LogP contribution in [0.4, 0.5) is 11.4 Å². The number of thioether (sulfide) groups is 1. The van der Waals surface area contributed by atoms with Crippen molar-refractivity contribution >= 4 is 29.0 Å². The van der Waals surface area contributed by atoms with Crippen LogP contribution in [0.2, 0.25) is 0 Å². The number of aromatic nitrogens is 1. The molecule has 1 aromatic heterocycles. The van der Waals surface area contributed by atoms with Gasteiger partial charge in [-0.05, 0) is 18.2 Å². The van der Waals surface area contributed by atoms with Gasteiger partial charge < -0.3 is 24.0 Å². The highest BCUT2D eigenvalue weighted by atomic mass is 127. The monoisotopic (exact) mass is 443 g/mol. The maximum atomic E-state index is 12.2. The minimum atomic E-state index is -0.445. The molecule has 0 N–H and O–H groups in total. The van der Waals surface area contributed by atoms with Crippen LogP contribution in [0.1, 0.15) is 10.9 Å². The fourth-order valence-corrected chi connectivity index (χ4v) is 3.60. The summed E-state index contributed by atoms with van der Waals surface area (Å²) in [6, 6.07) is 10.0. The van der Waals surface area contributed by atoms with E-state index in [1.807, 2.05) is 36.1 Å². The predicted octanol–water partition coefficient (Wildman–Crippen LogP) is -0.798. The van der Waals surface area contributed by atoms with Crippen LogP contribution in [0.3, 0.4) is 0 Å². The van der Waals surface area contributed by atoms with Gasteiger partial charge in [0, 0.05) is 29.4 Å². The lowest BCUT2D eigenvalue weighted by Gasteiger charge is -2.23. The van der Waals surface area contributed by atoms with Gasteiger partial charge >= 0.3 is 0 Å². The molecule has 1 aliphatic rings. The summed E-state index contributed by atoms with van der Waals surface area (Å²) in [4.78, 5) is 24.2. The highest BCUT2D eigenvalue weighted by Gasteiger charge is 2.35. The quantitative estimate of drug-likeness (QED) is 0.270. The van der Waals surface area contributed by atoms with E-state index in [0.717, 1.165) is 5.56 Å². The maximum Gasteiger partial charge on any atom is 0.269 e. The van der Waals surface area contributed by atoms with Crippen molar-refractivity contribution in [2.75, 3.05) is 10.7 Å². The number of amides is 1. The van der Waals surface area contributed by atoms with Crippen LogP contribution < -0.4 is 33.4 Å². The van der Waals surface area contributed by atoms with Gasteiger partial charge in [0.1, 0.15) is 12.4 Å². The minimum Gasteiger partial charge on any atom is -1.00 e. The third-order valence-corrected chi connectivity index (χ3v) is 4.67. The minimum absolute atomic E-state index is 0. The van der Waals surface area contributed by atoms with Crippen molar-refractivity contribution in [2.24, 2.45) is 7.05 Å². The average Bonchev–Trinajstić information content (AvgIpc) is 2.89. The van der Waals surface area contributed by atoms with Crippen molar-refractivity contribution in [3.8, 4) is 0 Å². The number of pyridine rings is 1. The zero-order chi connectivity index (χ0) is 15.7. The van der Waals surface area contributed by atoms with Crippen molar-refractivity contribution in [1.29, 1.82) is 0 Å². The lowest BCUT2D eigenvalue weighted by Crippen LogP contribution is -3.00. The molecule has 1 aliphatic heterocycles. The average molecular weight is 443 g/mol. The van der Waals surface area contributed by atoms with Gasteiger partial charge in [-0.15, -0.1) is 11.8 Å². The molecule has 1 aromatic carbocycles. The summed E-state index contributed by atoms with van der Waals surface area (Å²) in [5.41, 5.74) is 1.72. The Hall–Kier alpha value is -1.68. The number of nitro benzene ring substituents is 1. The molecule has 1 fully saturated rings. The van der Waals surface area contributed by atoms with E-state index in [1.165, 1.54) is 12.1 Å². The number of nitrogens with zero attached hydrogens (tertiary/aromatic N) is 3. The highest BCUT2D eigenvalue weighted by molar-refractivity contribution is 8.00.